The molecule has 0 atom stereocenters. The molecule has 0 aliphatic rings. The Morgan fingerprint density at radius 1 is 1.21 bits per heavy atom. The first-order valence-electron chi connectivity index (χ1n) is 6.44. The molecule has 0 saturated heterocycles. The predicted octanol–water partition coefficient (Wildman–Crippen LogP) is 2.65. The molecule has 1 heterocycles. The van der Waals surface area contributed by atoms with Gasteiger partial charge in [-0.05, 0) is 25.6 Å². The van der Waals surface area contributed by atoms with Gasteiger partial charge in [-0.25, -0.2) is 0 Å². The van der Waals surface area contributed by atoms with Gasteiger partial charge < -0.3 is 4.57 Å². The Morgan fingerprint density at radius 3 is 2.47 bits per heavy atom. The van der Waals surface area contributed by atoms with E-state index in [0.29, 0.717) is 6.54 Å². The van der Waals surface area contributed by atoms with Crippen LogP contribution in [0.5, 0.6) is 0 Å². The van der Waals surface area contributed by atoms with E-state index in [2.05, 4.69) is 31.2 Å². The molecule has 19 heavy (non-hydrogen) atoms. The molecule has 3 heteroatoms. The standard InChI is InChI=1S/C16H20N2O/c1-13-4-6-14(7-5-13)10-18(3)12-16(19)15-8-9-17(2)11-15/h4-9,11H,10,12H2,1-3H3. The van der Waals surface area contributed by atoms with Gasteiger partial charge in [0.2, 0.25) is 0 Å². The van der Waals surface area contributed by atoms with Crippen molar-refractivity contribution in [3.05, 3.63) is 59.4 Å². The van der Waals surface area contributed by atoms with Gasteiger partial charge in [-0.1, -0.05) is 29.8 Å². The number of hydrogen-bond donors (Lipinski definition) is 0. The number of rotatable bonds is 5. The lowest BCUT2D eigenvalue weighted by Gasteiger charge is -2.15. The average molecular weight is 256 g/mol. The van der Waals surface area contributed by atoms with E-state index in [-0.39, 0.29) is 5.78 Å². The minimum Gasteiger partial charge on any atom is -0.357 e. The molecule has 0 N–H and O–H groups in total. The third-order valence-corrected chi connectivity index (χ3v) is 3.14. The van der Waals surface area contributed by atoms with Crippen LogP contribution in [0.3, 0.4) is 0 Å². The van der Waals surface area contributed by atoms with Gasteiger partial charge >= 0.3 is 0 Å². The van der Waals surface area contributed by atoms with Crippen molar-refractivity contribution >= 4 is 5.78 Å². The molecule has 3 nitrogen and oxygen atoms in total. The summed E-state index contributed by atoms with van der Waals surface area (Å²) < 4.78 is 1.90. The molecular formula is C16H20N2O. The Hall–Kier alpha value is -1.87. The van der Waals surface area contributed by atoms with Gasteiger partial charge in [0, 0.05) is 31.5 Å². The summed E-state index contributed by atoms with van der Waals surface area (Å²) in [6, 6.07) is 10.3. The van der Waals surface area contributed by atoms with E-state index in [0.717, 1.165) is 12.1 Å². The summed E-state index contributed by atoms with van der Waals surface area (Å²) in [5, 5.41) is 0. The van der Waals surface area contributed by atoms with Crippen LogP contribution in [0.15, 0.2) is 42.7 Å². The van der Waals surface area contributed by atoms with Crippen LogP contribution in [0.1, 0.15) is 21.5 Å². The van der Waals surface area contributed by atoms with Gasteiger partial charge in [-0.3, -0.25) is 9.69 Å². The summed E-state index contributed by atoms with van der Waals surface area (Å²) in [4.78, 5) is 14.1. The quantitative estimate of drug-likeness (QED) is 0.768. The second kappa shape index (κ2) is 5.85. The minimum atomic E-state index is 0.162. The SMILES string of the molecule is Cc1ccc(CN(C)CC(=O)c2ccn(C)c2)cc1. The number of carbonyl (C=O) groups excluding carboxylic acids is 1. The van der Waals surface area contributed by atoms with Gasteiger partial charge in [0.05, 0.1) is 6.54 Å². The molecule has 100 valence electrons. The minimum absolute atomic E-state index is 0.162. The van der Waals surface area contributed by atoms with Gasteiger partial charge in [-0.15, -0.1) is 0 Å². The summed E-state index contributed by atoms with van der Waals surface area (Å²) in [7, 11) is 3.90. The molecule has 0 aliphatic carbocycles. The van der Waals surface area contributed by atoms with Crippen LogP contribution in [0.4, 0.5) is 0 Å². The van der Waals surface area contributed by atoms with E-state index < -0.39 is 0 Å². The average Bonchev–Trinajstić information content (AvgIpc) is 2.79. The van der Waals surface area contributed by atoms with Crippen molar-refractivity contribution in [2.45, 2.75) is 13.5 Å². The molecule has 0 spiro atoms. The normalized spacial score (nSPS) is 10.9. The Balaban J connectivity index is 1.92. The maximum atomic E-state index is 12.1. The van der Waals surface area contributed by atoms with E-state index in [1.807, 2.05) is 42.0 Å². The van der Waals surface area contributed by atoms with Crippen LogP contribution in [0.2, 0.25) is 0 Å². The first-order chi connectivity index (χ1) is 9.04. The molecule has 1 aromatic carbocycles. The number of ketones is 1. The maximum Gasteiger partial charge on any atom is 0.178 e. The molecule has 0 bridgehead atoms. The highest BCUT2D eigenvalue weighted by Gasteiger charge is 2.10. The van der Waals surface area contributed by atoms with Crippen molar-refractivity contribution in [1.29, 1.82) is 0 Å². The van der Waals surface area contributed by atoms with Crippen LogP contribution in [-0.4, -0.2) is 28.8 Å². The monoisotopic (exact) mass is 256 g/mol. The van der Waals surface area contributed by atoms with Crippen LogP contribution < -0.4 is 0 Å². The summed E-state index contributed by atoms with van der Waals surface area (Å²) in [6.07, 6.45) is 3.76. The van der Waals surface area contributed by atoms with Crippen LogP contribution >= 0.6 is 0 Å². The van der Waals surface area contributed by atoms with Crippen LogP contribution in [-0.2, 0) is 13.6 Å². The number of nitrogens with zero attached hydrogens (tertiary/aromatic N) is 2. The zero-order valence-corrected chi connectivity index (χ0v) is 11.8. The highest BCUT2D eigenvalue weighted by atomic mass is 16.1. The number of hydrogen-bond acceptors (Lipinski definition) is 2. The van der Waals surface area contributed by atoms with Gasteiger partial charge in [0.1, 0.15) is 0 Å². The smallest absolute Gasteiger partial charge is 0.178 e. The molecule has 2 aromatic rings. The number of likely N-dealkylation sites (N-methyl/N-ethyl adjacent to an activating group) is 1. The number of carbonyl (C=O) groups is 1. The fourth-order valence-electron chi connectivity index (χ4n) is 2.07. The zero-order chi connectivity index (χ0) is 13.8. The van der Waals surface area contributed by atoms with E-state index >= 15 is 0 Å². The molecule has 2 rings (SSSR count). The number of benzene rings is 1. The first kappa shape index (κ1) is 13.6. The summed E-state index contributed by atoms with van der Waals surface area (Å²) in [5.41, 5.74) is 3.26. The van der Waals surface area contributed by atoms with E-state index in [1.54, 1.807) is 0 Å². The molecule has 0 aliphatic heterocycles. The number of aryl methyl sites for hydroxylation is 2. The largest absolute Gasteiger partial charge is 0.357 e. The van der Waals surface area contributed by atoms with Crippen molar-refractivity contribution < 1.29 is 4.79 Å². The molecule has 0 saturated carbocycles. The van der Waals surface area contributed by atoms with Crippen molar-refractivity contribution in [2.75, 3.05) is 13.6 Å². The molecule has 1 aromatic heterocycles. The predicted molar refractivity (Wildman–Crippen MR) is 77.3 cm³/mol. The number of aromatic nitrogens is 1. The second-order valence-corrected chi connectivity index (χ2v) is 5.15. The van der Waals surface area contributed by atoms with Gasteiger partial charge in [-0.2, -0.15) is 0 Å². The van der Waals surface area contributed by atoms with Crippen molar-refractivity contribution in [1.82, 2.24) is 9.47 Å². The lowest BCUT2D eigenvalue weighted by atomic mass is 10.1. The van der Waals surface area contributed by atoms with E-state index in [1.165, 1.54) is 11.1 Å². The first-order valence-corrected chi connectivity index (χ1v) is 6.44. The Labute approximate surface area is 114 Å². The molecule has 0 fully saturated rings. The lowest BCUT2D eigenvalue weighted by Crippen LogP contribution is -2.25. The van der Waals surface area contributed by atoms with Crippen LogP contribution in [0.25, 0.3) is 0 Å². The van der Waals surface area contributed by atoms with Gasteiger partial charge in [0.15, 0.2) is 5.78 Å². The summed E-state index contributed by atoms with van der Waals surface area (Å²) in [5.74, 6) is 0.162. The van der Waals surface area contributed by atoms with Gasteiger partial charge in [0.25, 0.3) is 0 Å². The molecule has 0 amide bonds. The summed E-state index contributed by atoms with van der Waals surface area (Å²) in [6.45, 7) is 3.31. The highest BCUT2D eigenvalue weighted by Crippen LogP contribution is 2.07. The fourth-order valence-corrected chi connectivity index (χ4v) is 2.07. The third-order valence-electron chi connectivity index (χ3n) is 3.14. The summed E-state index contributed by atoms with van der Waals surface area (Å²) >= 11 is 0. The zero-order valence-electron chi connectivity index (χ0n) is 11.8. The van der Waals surface area contributed by atoms with Crippen molar-refractivity contribution in [2.24, 2.45) is 7.05 Å². The highest BCUT2D eigenvalue weighted by molar-refractivity contribution is 5.97. The van der Waals surface area contributed by atoms with E-state index in [4.69, 9.17) is 0 Å². The fraction of sp³-hybridized carbons (Fsp3) is 0.312. The van der Waals surface area contributed by atoms with Crippen molar-refractivity contribution in [3.63, 3.8) is 0 Å². The van der Waals surface area contributed by atoms with Crippen LogP contribution in [0, 0.1) is 6.92 Å². The second-order valence-electron chi connectivity index (χ2n) is 5.15. The van der Waals surface area contributed by atoms with Crippen molar-refractivity contribution in [3.8, 4) is 0 Å². The molecule has 0 unspecified atom stereocenters. The topological polar surface area (TPSA) is 25.2 Å². The Morgan fingerprint density at radius 2 is 1.89 bits per heavy atom. The Kier molecular flexibility index (Phi) is 4.17. The maximum absolute atomic E-state index is 12.1. The molecular weight excluding hydrogens is 236 g/mol. The Bertz CT molecular complexity index is 554. The third kappa shape index (κ3) is 3.80. The lowest BCUT2D eigenvalue weighted by molar-refractivity contribution is 0.0943. The number of Topliss-reactive ketones (excluding diaryl/α,β-unsaturated/α-hetero) is 1. The van der Waals surface area contributed by atoms with E-state index in [9.17, 15) is 4.79 Å². The molecule has 0 radical (unpaired) electrons.